The van der Waals surface area contributed by atoms with Crippen molar-refractivity contribution >= 4 is 32.9 Å². The van der Waals surface area contributed by atoms with E-state index < -0.39 is 22.4 Å². The maximum absolute atomic E-state index is 12.9. The van der Waals surface area contributed by atoms with E-state index in [1.54, 1.807) is 16.2 Å². The molecule has 6 nitrogen and oxygen atoms in total. The number of nitrogens with zero attached hydrogens (tertiary/aromatic N) is 4. The van der Waals surface area contributed by atoms with Crippen molar-refractivity contribution in [3.63, 3.8) is 0 Å². The van der Waals surface area contributed by atoms with Gasteiger partial charge in [-0.05, 0) is 31.2 Å². The van der Waals surface area contributed by atoms with Gasteiger partial charge in [0, 0.05) is 32.2 Å². The quantitative estimate of drug-likeness (QED) is 0.420. The van der Waals surface area contributed by atoms with Gasteiger partial charge in [-0.2, -0.15) is 13.2 Å². The average Bonchev–Trinajstić information content (AvgIpc) is 3.16. The van der Waals surface area contributed by atoms with E-state index in [-0.39, 0.29) is 11.7 Å². The summed E-state index contributed by atoms with van der Waals surface area (Å²) in [6.45, 7) is 4.32. The zero-order valence-corrected chi connectivity index (χ0v) is 16.9. The largest absolute Gasteiger partial charge is 0.416 e. The highest BCUT2D eigenvalue weighted by Gasteiger charge is 2.34. The second-order valence-electron chi connectivity index (χ2n) is 7.18. The van der Waals surface area contributed by atoms with E-state index in [1.807, 2.05) is 24.3 Å². The average molecular weight is 436 g/mol. The standard InChI is InChI=1S/C20H19F3N4O2S/c1-13(19-24-15-4-2-3-5-18(15)30-19)25-8-10-26(11-9-25)16-7-6-14(20(21,22)23)12-17(16)27(28)29/h2-7,12-13H,8-11H2,1H3/t13-/m0/s1. The van der Waals surface area contributed by atoms with Crippen molar-refractivity contribution in [1.82, 2.24) is 9.88 Å². The molecule has 0 N–H and O–H groups in total. The van der Waals surface area contributed by atoms with Crippen LogP contribution in [-0.2, 0) is 6.18 Å². The van der Waals surface area contributed by atoms with Gasteiger partial charge >= 0.3 is 6.18 Å². The first-order valence-electron chi connectivity index (χ1n) is 9.44. The summed E-state index contributed by atoms with van der Waals surface area (Å²) in [5.41, 5.74) is -0.345. The molecule has 10 heteroatoms. The van der Waals surface area contributed by atoms with Crippen molar-refractivity contribution in [3.8, 4) is 0 Å². The molecule has 1 atom stereocenters. The minimum absolute atomic E-state index is 0.0899. The zero-order chi connectivity index (χ0) is 21.5. The molecule has 1 aliphatic heterocycles. The highest BCUT2D eigenvalue weighted by atomic mass is 32.1. The van der Waals surface area contributed by atoms with Crippen molar-refractivity contribution in [2.75, 3.05) is 31.1 Å². The molecule has 0 amide bonds. The van der Waals surface area contributed by atoms with Crippen LogP contribution in [0.25, 0.3) is 10.2 Å². The molecule has 1 fully saturated rings. The molecule has 0 unspecified atom stereocenters. The number of benzene rings is 2. The summed E-state index contributed by atoms with van der Waals surface area (Å²) in [5, 5.41) is 12.4. The smallest absolute Gasteiger partial charge is 0.363 e. The van der Waals surface area contributed by atoms with Crippen molar-refractivity contribution < 1.29 is 18.1 Å². The van der Waals surface area contributed by atoms with Crippen LogP contribution in [0.15, 0.2) is 42.5 Å². The number of halogens is 3. The molecule has 1 saturated heterocycles. The fourth-order valence-electron chi connectivity index (χ4n) is 3.69. The number of hydrogen-bond donors (Lipinski definition) is 0. The molecule has 0 radical (unpaired) electrons. The van der Waals surface area contributed by atoms with E-state index in [0.29, 0.717) is 32.2 Å². The fourth-order valence-corrected chi connectivity index (χ4v) is 4.74. The summed E-state index contributed by atoms with van der Waals surface area (Å²) >= 11 is 1.64. The number of anilines is 1. The number of hydrogen-bond acceptors (Lipinski definition) is 6. The number of alkyl halides is 3. The van der Waals surface area contributed by atoms with Crippen LogP contribution in [-0.4, -0.2) is 41.0 Å². The lowest BCUT2D eigenvalue weighted by molar-refractivity contribution is -0.384. The van der Waals surface area contributed by atoms with Gasteiger partial charge in [0.25, 0.3) is 5.69 Å². The first-order valence-corrected chi connectivity index (χ1v) is 10.3. The third-order valence-corrected chi connectivity index (χ3v) is 6.58. The Morgan fingerprint density at radius 2 is 1.83 bits per heavy atom. The number of nitro groups is 1. The number of para-hydroxylation sites is 1. The van der Waals surface area contributed by atoms with E-state index in [4.69, 9.17) is 4.98 Å². The highest BCUT2D eigenvalue weighted by molar-refractivity contribution is 7.18. The predicted molar refractivity (Wildman–Crippen MR) is 110 cm³/mol. The van der Waals surface area contributed by atoms with Crippen molar-refractivity contribution in [2.45, 2.75) is 19.1 Å². The third-order valence-electron chi connectivity index (χ3n) is 5.37. The lowest BCUT2D eigenvalue weighted by Crippen LogP contribution is -2.47. The molecule has 1 aliphatic rings. The number of piperazine rings is 1. The Morgan fingerprint density at radius 1 is 1.13 bits per heavy atom. The maximum Gasteiger partial charge on any atom is 0.416 e. The lowest BCUT2D eigenvalue weighted by atomic mass is 10.1. The van der Waals surface area contributed by atoms with Crippen molar-refractivity contribution in [3.05, 3.63) is 63.1 Å². The summed E-state index contributed by atoms with van der Waals surface area (Å²) in [6.07, 6.45) is -4.62. The molecule has 2 heterocycles. The van der Waals surface area contributed by atoms with Gasteiger partial charge in [-0.1, -0.05) is 12.1 Å². The maximum atomic E-state index is 12.9. The number of fused-ring (bicyclic) bond motifs is 1. The second kappa shape index (κ2) is 7.84. The molecule has 158 valence electrons. The monoisotopic (exact) mass is 436 g/mol. The van der Waals surface area contributed by atoms with Gasteiger partial charge in [0.1, 0.15) is 10.7 Å². The molecule has 2 aromatic carbocycles. The molecule has 1 aromatic heterocycles. The Morgan fingerprint density at radius 3 is 2.47 bits per heavy atom. The predicted octanol–water partition coefficient (Wildman–Crippen LogP) is 5.11. The van der Waals surface area contributed by atoms with E-state index in [1.165, 1.54) is 6.07 Å². The van der Waals surface area contributed by atoms with Crippen LogP contribution in [0.5, 0.6) is 0 Å². The highest BCUT2D eigenvalue weighted by Crippen LogP contribution is 2.37. The first-order chi connectivity index (χ1) is 14.2. The Hall–Kier alpha value is -2.72. The Bertz CT molecular complexity index is 1040. The van der Waals surface area contributed by atoms with Gasteiger partial charge in [0.05, 0.1) is 26.7 Å². The van der Waals surface area contributed by atoms with Gasteiger partial charge in [-0.25, -0.2) is 4.98 Å². The molecule has 0 saturated carbocycles. The van der Waals surface area contributed by atoms with E-state index in [2.05, 4.69) is 11.8 Å². The minimum atomic E-state index is -4.62. The van der Waals surface area contributed by atoms with E-state index >= 15 is 0 Å². The molecule has 0 spiro atoms. The van der Waals surface area contributed by atoms with Crippen LogP contribution in [0.4, 0.5) is 24.5 Å². The molecule has 3 aromatic rings. The molecule has 0 bridgehead atoms. The van der Waals surface area contributed by atoms with Crippen LogP contribution in [0.1, 0.15) is 23.5 Å². The Balaban J connectivity index is 1.49. The summed E-state index contributed by atoms with van der Waals surface area (Å²) in [6, 6.07) is 10.7. The SMILES string of the molecule is C[C@@H](c1nc2ccccc2s1)N1CCN(c2ccc(C(F)(F)F)cc2[N+](=O)[O-])CC1. The van der Waals surface area contributed by atoms with Crippen LogP contribution in [0, 0.1) is 10.1 Å². The minimum Gasteiger partial charge on any atom is -0.363 e. The number of rotatable bonds is 4. The van der Waals surface area contributed by atoms with Crippen LogP contribution in [0.2, 0.25) is 0 Å². The second-order valence-corrected chi connectivity index (χ2v) is 8.24. The summed E-state index contributed by atoms with van der Waals surface area (Å²) in [5.74, 6) is 0. The number of aromatic nitrogens is 1. The Kier molecular flexibility index (Phi) is 5.37. The van der Waals surface area contributed by atoms with Gasteiger partial charge in [0.2, 0.25) is 0 Å². The number of thiazole rings is 1. The van der Waals surface area contributed by atoms with Gasteiger partial charge in [-0.3, -0.25) is 15.0 Å². The third kappa shape index (κ3) is 3.97. The fraction of sp³-hybridized carbons (Fsp3) is 0.350. The van der Waals surface area contributed by atoms with E-state index in [9.17, 15) is 23.3 Å². The van der Waals surface area contributed by atoms with Crippen molar-refractivity contribution in [1.29, 1.82) is 0 Å². The zero-order valence-electron chi connectivity index (χ0n) is 16.1. The first kappa shape index (κ1) is 20.5. The molecule has 30 heavy (non-hydrogen) atoms. The van der Waals surface area contributed by atoms with E-state index in [0.717, 1.165) is 21.3 Å². The van der Waals surface area contributed by atoms with Crippen LogP contribution >= 0.6 is 11.3 Å². The summed E-state index contributed by atoms with van der Waals surface area (Å²) in [7, 11) is 0. The normalized spacial score (nSPS) is 16.7. The topological polar surface area (TPSA) is 62.5 Å². The van der Waals surface area contributed by atoms with Crippen LogP contribution < -0.4 is 4.90 Å². The molecular formula is C20H19F3N4O2S. The van der Waals surface area contributed by atoms with Gasteiger partial charge in [0.15, 0.2) is 0 Å². The van der Waals surface area contributed by atoms with Crippen molar-refractivity contribution in [2.24, 2.45) is 0 Å². The summed E-state index contributed by atoms with van der Waals surface area (Å²) in [4.78, 5) is 19.4. The van der Waals surface area contributed by atoms with Gasteiger partial charge in [-0.15, -0.1) is 11.3 Å². The summed E-state index contributed by atoms with van der Waals surface area (Å²) < 4.78 is 39.9. The lowest BCUT2D eigenvalue weighted by Gasteiger charge is -2.38. The Labute approximate surface area is 174 Å². The molecule has 0 aliphatic carbocycles. The number of nitro benzene ring substituents is 1. The van der Waals surface area contributed by atoms with Gasteiger partial charge < -0.3 is 4.90 Å². The van der Waals surface area contributed by atoms with Crippen LogP contribution in [0.3, 0.4) is 0 Å². The molecule has 4 rings (SSSR count). The molecular weight excluding hydrogens is 417 g/mol.